The van der Waals surface area contributed by atoms with Crippen LogP contribution in [0, 0.1) is 5.82 Å². The minimum absolute atomic E-state index is 0.343. The summed E-state index contributed by atoms with van der Waals surface area (Å²) in [5.74, 6) is -0.343. The molecule has 0 aliphatic heterocycles. The maximum atomic E-state index is 13.2. The van der Waals surface area contributed by atoms with Crippen molar-refractivity contribution in [2.45, 2.75) is 0 Å². The Kier molecular flexibility index (Phi) is 2.45. The van der Waals surface area contributed by atoms with Gasteiger partial charge in [0.1, 0.15) is 5.82 Å². The fraction of sp³-hybridized carbons (Fsp3) is 0. The smallest absolute Gasteiger partial charge is 0.152 e. The van der Waals surface area contributed by atoms with E-state index in [4.69, 9.17) is 0 Å². The van der Waals surface area contributed by atoms with Gasteiger partial charge in [0.05, 0.1) is 5.69 Å². The molecule has 1 aromatic heterocycles. The number of carbonyl (C=O) groups excluding carboxylic acids is 1. The number of aromatic nitrogens is 1. The Balaban J connectivity index is 2.33. The lowest BCUT2D eigenvalue weighted by molar-refractivity contribution is 0.112. The largest absolute Gasteiger partial charge is 0.354 e. The van der Waals surface area contributed by atoms with Gasteiger partial charge in [-0.25, -0.2) is 4.39 Å². The van der Waals surface area contributed by atoms with Crippen molar-refractivity contribution in [3.05, 3.63) is 59.9 Å². The molecule has 88 valence electrons. The molecule has 2 aromatic carbocycles. The summed E-state index contributed by atoms with van der Waals surface area (Å²) in [6.45, 7) is 0. The molecule has 0 saturated heterocycles. The molecule has 0 aliphatic rings. The molecule has 2 nitrogen and oxygen atoms in total. The number of rotatable bonds is 2. The number of fused-ring (bicyclic) bond motifs is 1. The second kappa shape index (κ2) is 4.11. The molecule has 0 saturated carbocycles. The van der Waals surface area contributed by atoms with Gasteiger partial charge in [-0.15, -0.1) is 0 Å². The Morgan fingerprint density at radius 3 is 2.56 bits per heavy atom. The summed E-state index contributed by atoms with van der Waals surface area (Å²) in [4.78, 5) is 14.4. The van der Waals surface area contributed by atoms with Crippen molar-refractivity contribution in [3.8, 4) is 11.3 Å². The van der Waals surface area contributed by atoms with E-state index in [0.717, 1.165) is 23.1 Å². The number of aldehydes is 1. The van der Waals surface area contributed by atoms with Gasteiger partial charge in [-0.05, 0) is 23.8 Å². The molecule has 18 heavy (non-hydrogen) atoms. The van der Waals surface area contributed by atoms with Crippen molar-refractivity contribution >= 4 is 17.2 Å². The van der Waals surface area contributed by atoms with Crippen LogP contribution in [-0.4, -0.2) is 11.3 Å². The Labute approximate surface area is 103 Å². The van der Waals surface area contributed by atoms with Crippen LogP contribution in [0.4, 0.5) is 4.39 Å². The van der Waals surface area contributed by atoms with Crippen LogP contribution < -0.4 is 0 Å². The van der Waals surface area contributed by atoms with E-state index in [0.29, 0.717) is 10.9 Å². The van der Waals surface area contributed by atoms with Crippen LogP contribution in [0.5, 0.6) is 0 Å². The zero-order chi connectivity index (χ0) is 12.5. The average molecular weight is 239 g/mol. The molecule has 3 aromatic rings. The van der Waals surface area contributed by atoms with Gasteiger partial charge < -0.3 is 4.98 Å². The zero-order valence-electron chi connectivity index (χ0n) is 9.48. The molecule has 3 rings (SSSR count). The first kappa shape index (κ1) is 10.7. The number of halogens is 1. The molecule has 1 N–H and O–H groups in total. The zero-order valence-corrected chi connectivity index (χ0v) is 9.48. The quantitative estimate of drug-likeness (QED) is 0.678. The van der Waals surface area contributed by atoms with E-state index in [1.165, 1.54) is 12.1 Å². The van der Waals surface area contributed by atoms with Crippen LogP contribution >= 0.6 is 0 Å². The van der Waals surface area contributed by atoms with E-state index in [1.807, 2.05) is 30.3 Å². The minimum atomic E-state index is -0.343. The standard InChI is InChI=1S/C15H10FNO/c16-11-6-7-14-12(8-11)13(9-18)15(17-14)10-4-2-1-3-5-10/h1-9,17H. The lowest BCUT2D eigenvalue weighted by Crippen LogP contribution is -1.83. The summed E-state index contributed by atoms with van der Waals surface area (Å²) in [5, 5.41) is 0.615. The van der Waals surface area contributed by atoms with Crippen LogP contribution in [0.15, 0.2) is 48.5 Å². The normalized spacial score (nSPS) is 10.7. The number of benzene rings is 2. The van der Waals surface area contributed by atoms with E-state index in [2.05, 4.69) is 4.98 Å². The van der Waals surface area contributed by atoms with E-state index < -0.39 is 0 Å². The molecule has 0 amide bonds. The number of carbonyl (C=O) groups is 1. The summed E-state index contributed by atoms with van der Waals surface area (Å²) in [6.07, 6.45) is 0.764. The third kappa shape index (κ3) is 1.61. The fourth-order valence-corrected chi connectivity index (χ4v) is 2.14. The Bertz CT molecular complexity index is 716. The highest BCUT2D eigenvalue weighted by atomic mass is 19.1. The topological polar surface area (TPSA) is 32.9 Å². The Morgan fingerprint density at radius 1 is 1.06 bits per heavy atom. The van der Waals surface area contributed by atoms with Crippen molar-refractivity contribution in [1.29, 1.82) is 0 Å². The first-order valence-electron chi connectivity index (χ1n) is 5.61. The SMILES string of the molecule is O=Cc1c(-c2ccccc2)[nH]c2ccc(F)cc12. The van der Waals surface area contributed by atoms with E-state index in [1.54, 1.807) is 6.07 Å². The van der Waals surface area contributed by atoms with Gasteiger partial charge >= 0.3 is 0 Å². The van der Waals surface area contributed by atoms with Gasteiger partial charge in [0.2, 0.25) is 0 Å². The minimum Gasteiger partial charge on any atom is -0.354 e. The fourth-order valence-electron chi connectivity index (χ4n) is 2.14. The molecule has 0 atom stereocenters. The maximum Gasteiger partial charge on any atom is 0.152 e. The summed E-state index contributed by atoms with van der Waals surface area (Å²) in [6, 6.07) is 13.9. The first-order valence-corrected chi connectivity index (χ1v) is 5.61. The van der Waals surface area contributed by atoms with Gasteiger partial charge in [-0.2, -0.15) is 0 Å². The number of H-pyrrole nitrogens is 1. The number of aromatic amines is 1. The second-order valence-electron chi connectivity index (χ2n) is 4.09. The summed E-state index contributed by atoms with van der Waals surface area (Å²) in [7, 11) is 0. The van der Waals surface area contributed by atoms with E-state index in [9.17, 15) is 9.18 Å². The predicted molar refractivity (Wildman–Crippen MR) is 69.1 cm³/mol. The molecule has 0 aliphatic carbocycles. The van der Waals surface area contributed by atoms with Gasteiger partial charge in [0.15, 0.2) is 6.29 Å². The van der Waals surface area contributed by atoms with Crippen LogP contribution in [0.2, 0.25) is 0 Å². The van der Waals surface area contributed by atoms with Gasteiger partial charge in [-0.3, -0.25) is 4.79 Å². The first-order chi connectivity index (χ1) is 8.79. The van der Waals surface area contributed by atoms with E-state index >= 15 is 0 Å². The highest BCUT2D eigenvalue weighted by Gasteiger charge is 2.12. The van der Waals surface area contributed by atoms with Gasteiger partial charge in [-0.1, -0.05) is 30.3 Å². The number of hydrogen-bond acceptors (Lipinski definition) is 1. The molecule has 3 heteroatoms. The van der Waals surface area contributed by atoms with E-state index in [-0.39, 0.29) is 5.82 Å². The van der Waals surface area contributed by atoms with Crippen LogP contribution in [0.25, 0.3) is 22.2 Å². The number of hydrogen-bond donors (Lipinski definition) is 1. The van der Waals surface area contributed by atoms with Crippen LogP contribution in [0.3, 0.4) is 0 Å². The second-order valence-corrected chi connectivity index (χ2v) is 4.09. The molecular weight excluding hydrogens is 229 g/mol. The molecule has 0 radical (unpaired) electrons. The predicted octanol–water partition coefficient (Wildman–Crippen LogP) is 3.79. The monoisotopic (exact) mass is 239 g/mol. The molecule has 0 bridgehead atoms. The summed E-state index contributed by atoms with van der Waals surface area (Å²) in [5.41, 5.74) is 2.90. The molecular formula is C15H10FNO. The van der Waals surface area contributed by atoms with Crippen LogP contribution in [-0.2, 0) is 0 Å². The van der Waals surface area contributed by atoms with Crippen molar-refractivity contribution < 1.29 is 9.18 Å². The third-order valence-corrected chi connectivity index (χ3v) is 2.98. The Morgan fingerprint density at radius 2 is 1.83 bits per heavy atom. The summed E-state index contributed by atoms with van der Waals surface area (Å²) < 4.78 is 13.2. The molecule has 0 spiro atoms. The Hall–Kier alpha value is -2.42. The average Bonchev–Trinajstić information content (AvgIpc) is 2.77. The lowest BCUT2D eigenvalue weighted by Gasteiger charge is -1.98. The van der Waals surface area contributed by atoms with Crippen molar-refractivity contribution in [2.24, 2.45) is 0 Å². The molecule has 0 fully saturated rings. The summed E-state index contributed by atoms with van der Waals surface area (Å²) >= 11 is 0. The van der Waals surface area contributed by atoms with Crippen molar-refractivity contribution in [2.75, 3.05) is 0 Å². The van der Waals surface area contributed by atoms with Crippen molar-refractivity contribution in [1.82, 2.24) is 4.98 Å². The third-order valence-electron chi connectivity index (χ3n) is 2.98. The van der Waals surface area contributed by atoms with Gasteiger partial charge in [0.25, 0.3) is 0 Å². The van der Waals surface area contributed by atoms with Gasteiger partial charge in [0, 0.05) is 16.5 Å². The molecule has 1 heterocycles. The van der Waals surface area contributed by atoms with Crippen molar-refractivity contribution in [3.63, 3.8) is 0 Å². The number of nitrogens with one attached hydrogen (secondary N) is 1. The maximum absolute atomic E-state index is 13.2. The van der Waals surface area contributed by atoms with Crippen LogP contribution in [0.1, 0.15) is 10.4 Å². The highest BCUT2D eigenvalue weighted by Crippen LogP contribution is 2.29. The lowest BCUT2D eigenvalue weighted by atomic mass is 10.1. The molecule has 0 unspecified atom stereocenters. The highest BCUT2D eigenvalue weighted by molar-refractivity contribution is 6.04.